The topological polar surface area (TPSA) is 81.2 Å². The molecule has 0 fully saturated rings. The molecule has 0 atom stereocenters. The molecule has 0 saturated carbocycles. The average Bonchev–Trinajstić information content (AvgIpc) is 2.69. The zero-order valence-electron chi connectivity index (χ0n) is 16.1. The first-order valence-electron chi connectivity index (χ1n) is 8.92. The summed E-state index contributed by atoms with van der Waals surface area (Å²) < 4.78 is 33.1. The van der Waals surface area contributed by atoms with Crippen molar-refractivity contribution in [2.45, 2.75) is 25.2 Å². The number of ether oxygens (including phenoxy) is 1. The van der Waals surface area contributed by atoms with Gasteiger partial charge in [-0.05, 0) is 49.1 Å². The van der Waals surface area contributed by atoms with Gasteiger partial charge in [0.2, 0.25) is 10.0 Å². The zero-order valence-corrected chi connectivity index (χ0v) is 17.0. The van der Waals surface area contributed by atoms with Gasteiger partial charge in [-0.2, -0.15) is 0 Å². The second-order valence-corrected chi connectivity index (χ2v) is 8.29. The Labute approximate surface area is 165 Å². The van der Waals surface area contributed by atoms with Crippen molar-refractivity contribution in [2.24, 2.45) is 0 Å². The normalized spacial score (nSPS) is 11.4. The predicted octanol–water partition coefficient (Wildman–Crippen LogP) is 3.29. The number of hydrogen-bond acceptors (Lipinski definition) is 5. The lowest BCUT2D eigenvalue weighted by Crippen LogP contribution is -2.26. The first-order valence-corrected chi connectivity index (χ1v) is 10.4. The van der Waals surface area contributed by atoms with Gasteiger partial charge in [0.15, 0.2) is 5.82 Å². The maximum atomic E-state index is 12.6. The van der Waals surface area contributed by atoms with E-state index in [1.165, 1.54) is 0 Å². The summed E-state index contributed by atoms with van der Waals surface area (Å²) in [6.07, 6.45) is 3.96. The van der Waals surface area contributed by atoms with Crippen molar-refractivity contribution >= 4 is 10.0 Å². The Hall–Kier alpha value is -2.77. The molecule has 2 aromatic carbocycles. The van der Waals surface area contributed by atoms with Gasteiger partial charge in [-0.3, -0.25) is 0 Å². The molecule has 1 N–H and O–H groups in total. The minimum absolute atomic E-state index is 0.235. The van der Waals surface area contributed by atoms with Gasteiger partial charge in [0.1, 0.15) is 5.75 Å². The van der Waals surface area contributed by atoms with E-state index in [1.807, 2.05) is 44.2 Å². The van der Waals surface area contributed by atoms with Crippen molar-refractivity contribution in [1.29, 1.82) is 0 Å². The van der Waals surface area contributed by atoms with Crippen LogP contribution in [-0.2, 0) is 16.4 Å². The summed E-state index contributed by atoms with van der Waals surface area (Å²) in [6, 6.07) is 12.9. The second-order valence-electron chi connectivity index (χ2n) is 6.52. The number of rotatable bonds is 7. The minimum atomic E-state index is -3.60. The number of aromatic nitrogens is 2. The van der Waals surface area contributed by atoms with Gasteiger partial charge >= 0.3 is 0 Å². The Bertz CT molecular complexity index is 1030. The number of hydrogen-bond donors (Lipinski definition) is 1. The molecule has 0 unspecified atom stereocenters. The highest BCUT2D eigenvalue weighted by Crippen LogP contribution is 2.26. The van der Waals surface area contributed by atoms with E-state index in [1.54, 1.807) is 31.6 Å². The fourth-order valence-corrected chi connectivity index (χ4v) is 4.22. The first kappa shape index (κ1) is 20.0. The quantitative estimate of drug-likeness (QED) is 0.662. The highest BCUT2D eigenvalue weighted by Gasteiger charge is 2.17. The molecule has 6 nitrogen and oxygen atoms in total. The summed E-state index contributed by atoms with van der Waals surface area (Å²) in [7, 11) is -2.02. The van der Waals surface area contributed by atoms with Crippen LogP contribution in [0.25, 0.3) is 11.4 Å². The number of methoxy groups -OCH3 is 1. The second kappa shape index (κ2) is 8.50. The van der Waals surface area contributed by atoms with Crippen molar-refractivity contribution in [3.8, 4) is 17.1 Å². The van der Waals surface area contributed by atoms with Crippen LogP contribution >= 0.6 is 0 Å². The van der Waals surface area contributed by atoms with Crippen LogP contribution in [-0.4, -0.2) is 32.0 Å². The smallest absolute Gasteiger partial charge is 0.240 e. The Kier molecular flexibility index (Phi) is 6.06. The highest BCUT2D eigenvalue weighted by molar-refractivity contribution is 7.89. The molecule has 1 heterocycles. The van der Waals surface area contributed by atoms with Crippen LogP contribution in [0, 0.1) is 13.8 Å². The number of benzene rings is 2. The van der Waals surface area contributed by atoms with Crippen LogP contribution in [0.1, 0.15) is 16.7 Å². The van der Waals surface area contributed by atoms with E-state index < -0.39 is 10.0 Å². The third kappa shape index (κ3) is 4.55. The van der Waals surface area contributed by atoms with Crippen LogP contribution < -0.4 is 9.46 Å². The van der Waals surface area contributed by atoms with E-state index in [9.17, 15) is 8.42 Å². The van der Waals surface area contributed by atoms with E-state index in [0.717, 1.165) is 22.3 Å². The van der Waals surface area contributed by atoms with Gasteiger partial charge < -0.3 is 4.74 Å². The lowest BCUT2D eigenvalue weighted by molar-refractivity contribution is 0.408. The monoisotopic (exact) mass is 397 g/mol. The largest absolute Gasteiger partial charge is 0.496 e. The summed E-state index contributed by atoms with van der Waals surface area (Å²) >= 11 is 0. The van der Waals surface area contributed by atoms with E-state index in [2.05, 4.69) is 14.7 Å². The molecule has 3 rings (SSSR count). The SMILES string of the molecule is COc1c(C)cc(S(=O)(=O)NCCc2cnc(-c3ccccc3)nc2)cc1C. The van der Waals surface area contributed by atoms with E-state index in [-0.39, 0.29) is 11.4 Å². The summed E-state index contributed by atoms with van der Waals surface area (Å²) in [6.45, 7) is 3.92. The Morgan fingerprint density at radius 3 is 2.18 bits per heavy atom. The molecular formula is C21H23N3O3S. The van der Waals surface area contributed by atoms with E-state index in [0.29, 0.717) is 18.0 Å². The first-order chi connectivity index (χ1) is 13.4. The number of nitrogens with zero attached hydrogens (tertiary/aromatic N) is 2. The zero-order chi connectivity index (χ0) is 20.1. The van der Waals surface area contributed by atoms with Gasteiger partial charge in [-0.15, -0.1) is 0 Å². The summed E-state index contributed by atoms with van der Waals surface area (Å²) in [5.41, 5.74) is 3.38. The molecule has 0 spiro atoms. The fourth-order valence-electron chi connectivity index (χ4n) is 3.02. The lowest BCUT2D eigenvalue weighted by atomic mass is 10.1. The van der Waals surface area contributed by atoms with Crippen LogP contribution in [0.15, 0.2) is 59.8 Å². The molecule has 0 saturated heterocycles. The Morgan fingerprint density at radius 2 is 1.61 bits per heavy atom. The van der Waals surface area contributed by atoms with Crippen LogP contribution in [0.3, 0.4) is 0 Å². The summed E-state index contributed by atoms with van der Waals surface area (Å²) in [4.78, 5) is 8.96. The number of aryl methyl sites for hydroxylation is 2. The van der Waals surface area contributed by atoms with Gasteiger partial charge in [-0.1, -0.05) is 30.3 Å². The summed E-state index contributed by atoms with van der Waals surface area (Å²) in [5.74, 6) is 1.35. The van der Waals surface area contributed by atoms with Crippen molar-refractivity contribution in [1.82, 2.24) is 14.7 Å². The third-order valence-corrected chi connectivity index (χ3v) is 5.83. The van der Waals surface area contributed by atoms with Crippen LogP contribution in [0.4, 0.5) is 0 Å². The minimum Gasteiger partial charge on any atom is -0.496 e. The standard InChI is InChI=1S/C21H23N3O3S/c1-15-11-19(12-16(2)20(15)27-3)28(25,26)24-10-9-17-13-22-21(23-14-17)18-7-5-4-6-8-18/h4-8,11-14,24H,9-10H2,1-3H3. The summed E-state index contributed by atoms with van der Waals surface area (Å²) in [5, 5.41) is 0. The van der Waals surface area contributed by atoms with Gasteiger partial charge in [0, 0.05) is 24.5 Å². The van der Waals surface area contributed by atoms with E-state index >= 15 is 0 Å². The molecule has 0 aliphatic rings. The molecule has 0 bridgehead atoms. The Balaban J connectivity index is 1.64. The number of nitrogens with one attached hydrogen (secondary N) is 1. The van der Waals surface area contributed by atoms with Crippen LogP contribution in [0.2, 0.25) is 0 Å². The molecule has 146 valence electrons. The molecule has 0 radical (unpaired) electrons. The predicted molar refractivity (Wildman–Crippen MR) is 109 cm³/mol. The van der Waals surface area contributed by atoms with Gasteiger partial charge in [0.05, 0.1) is 12.0 Å². The lowest BCUT2D eigenvalue weighted by Gasteiger charge is -2.12. The number of sulfonamides is 1. The van der Waals surface area contributed by atoms with Crippen molar-refractivity contribution in [2.75, 3.05) is 13.7 Å². The molecule has 7 heteroatoms. The highest BCUT2D eigenvalue weighted by atomic mass is 32.2. The molecule has 0 aliphatic heterocycles. The molecule has 3 aromatic rings. The van der Waals surface area contributed by atoms with Crippen molar-refractivity contribution < 1.29 is 13.2 Å². The Morgan fingerprint density at radius 1 is 1.00 bits per heavy atom. The van der Waals surface area contributed by atoms with Crippen molar-refractivity contribution in [3.05, 3.63) is 71.5 Å². The van der Waals surface area contributed by atoms with Crippen LogP contribution in [0.5, 0.6) is 5.75 Å². The molecule has 1 aromatic heterocycles. The maximum Gasteiger partial charge on any atom is 0.240 e. The molecule has 0 amide bonds. The molecule has 28 heavy (non-hydrogen) atoms. The van der Waals surface area contributed by atoms with Gasteiger partial charge in [0.25, 0.3) is 0 Å². The maximum absolute atomic E-state index is 12.6. The van der Waals surface area contributed by atoms with Crippen molar-refractivity contribution in [3.63, 3.8) is 0 Å². The van der Waals surface area contributed by atoms with E-state index in [4.69, 9.17) is 4.74 Å². The molecule has 0 aliphatic carbocycles. The molecular weight excluding hydrogens is 374 g/mol. The fraction of sp³-hybridized carbons (Fsp3) is 0.238. The van der Waals surface area contributed by atoms with Gasteiger partial charge in [-0.25, -0.2) is 23.1 Å². The average molecular weight is 398 g/mol. The third-order valence-electron chi connectivity index (χ3n) is 4.39.